The maximum Gasteiger partial charge on any atom is 0.340 e. The first-order chi connectivity index (χ1) is 23.4. The minimum atomic E-state index is -0.242. The van der Waals surface area contributed by atoms with Crippen molar-refractivity contribution in [2.24, 2.45) is 11.8 Å². The van der Waals surface area contributed by atoms with Crippen LogP contribution >= 0.6 is 0 Å². The van der Waals surface area contributed by atoms with Crippen LogP contribution < -0.4 is 0 Å². The Kier molecular flexibility index (Phi) is 7.27. The molecule has 0 radical (unpaired) electrons. The second-order valence-corrected chi connectivity index (χ2v) is 14.7. The fraction of sp³-hybridized carbons (Fsp3) is 0.474. The summed E-state index contributed by atoms with van der Waals surface area (Å²) in [6.07, 6.45) is 10.6. The predicted molar refractivity (Wildman–Crippen MR) is 177 cm³/mol. The number of ether oxygens (including phenoxy) is 2. The number of para-hydroxylation sites is 2. The lowest BCUT2D eigenvalue weighted by molar-refractivity contribution is -0.145. The maximum atomic E-state index is 12.6. The van der Waals surface area contributed by atoms with Gasteiger partial charge < -0.3 is 19.4 Å². The van der Waals surface area contributed by atoms with Crippen LogP contribution in [0.1, 0.15) is 72.1 Å². The number of aromatic nitrogens is 2. The average Bonchev–Trinajstić information content (AvgIpc) is 3.70. The van der Waals surface area contributed by atoms with E-state index < -0.39 is 0 Å². The first kappa shape index (κ1) is 29.8. The van der Waals surface area contributed by atoms with Gasteiger partial charge in [-0.05, 0) is 37.8 Å². The number of H-pyrrole nitrogens is 2. The van der Waals surface area contributed by atoms with Crippen molar-refractivity contribution in [1.82, 2.24) is 19.8 Å². The number of hydrogen-bond acceptors (Lipinski definition) is 8. The summed E-state index contributed by atoms with van der Waals surface area (Å²) in [5.74, 6) is 0.807. The molecule has 0 aliphatic carbocycles. The molecule has 10 nitrogen and oxygen atoms in total. The van der Waals surface area contributed by atoms with Crippen molar-refractivity contribution in [1.29, 1.82) is 0 Å². The van der Waals surface area contributed by atoms with Crippen LogP contribution in [0.5, 0.6) is 0 Å². The van der Waals surface area contributed by atoms with E-state index in [0.29, 0.717) is 60.0 Å². The lowest BCUT2D eigenvalue weighted by Crippen LogP contribution is -2.63. The standard InChI is InChI=1S/2C19H20N2O3/c2*22-18-10-21-12-5-11(18)6-13(21)8-14(7-12)24-19(23)16-9-20-17-4-2-1-3-15(16)17/h2*1-4,9,11-14,20H,5-8,10H2/t2*11?,12-,13+,14?. The van der Waals surface area contributed by atoms with Gasteiger partial charge in [0.1, 0.15) is 23.8 Å². The molecular formula is C38H40N4O6. The van der Waals surface area contributed by atoms with Gasteiger partial charge in [0.15, 0.2) is 0 Å². The van der Waals surface area contributed by atoms with Gasteiger partial charge in [-0.25, -0.2) is 9.59 Å². The van der Waals surface area contributed by atoms with E-state index in [9.17, 15) is 19.2 Å². The molecule has 10 heteroatoms. The van der Waals surface area contributed by atoms with Gasteiger partial charge in [0, 0.05) is 95.9 Å². The van der Waals surface area contributed by atoms with Gasteiger partial charge in [-0.3, -0.25) is 19.4 Å². The summed E-state index contributed by atoms with van der Waals surface area (Å²) in [7, 11) is 0. The number of carbonyl (C=O) groups excluding carboxylic acids is 4. The lowest BCUT2D eigenvalue weighted by Gasteiger charge is -2.54. The number of nitrogens with one attached hydrogen (secondary N) is 2. The molecule has 2 aromatic heterocycles. The predicted octanol–water partition coefficient (Wildman–Crippen LogP) is 5.04. The molecule has 8 bridgehead atoms. The van der Waals surface area contributed by atoms with Crippen LogP contribution in [0.25, 0.3) is 21.8 Å². The Balaban J connectivity index is 0.000000131. The van der Waals surface area contributed by atoms with Crippen molar-refractivity contribution in [3.05, 3.63) is 72.1 Å². The van der Waals surface area contributed by atoms with Crippen molar-refractivity contribution in [2.75, 3.05) is 13.1 Å². The highest BCUT2D eigenvalue weighted by Crippen LogP contribution is 2.43. The zero-order valence-corrected chi connectivity index (χ0v) is 26.8. The van der Waals surface area contributed by atoms with E-state index in [4.69, 9.17) is 9.47 Å². The third-order valence-electron chi connectivity index (χ3n) is 12.0. The SMILES string of the molecule is O=C(OC1C[C@@H]2CC3C[C@H](C1)N2CC3=O)c1c[nH]c2ccccc12.O=C(OC1C[C@@H]2CC3C[C@H](C1)N2CC3=O)c1c[nH]c2ccccc12. The van der Waals surface area contributed by atoms with Gasteiger partial charge in [0.2, 0.25) is 0 Å². The first-order valence-electron chi connectivity index (χ1n) is 17.5. The van der Waals surface area contributed by atoms with Crippen LogP contribution in [0.2, 0.25) is 0 Å². The topological polar surface area (TPSA) is 125 Å². The zero-order valence-electron chi connectivity index (χ0n) is 26.8. The molecule has 4 aromatic rings. The molecule has 8 aliphatic heterocycles. The largest absolute Gasteiger partial charge is 0.459 e. The van der Waals surface area contributed by atoms with E-state index in [1.807, 2.05) is 48.5 Å². The molecule has 10 atom stereocenters. The molecule has 0 spiro atoms. The molecule has 0 saturated carbocycles. The zero-order chi connectivity index (χ0) is 32.5. The second kappa shape index (κ2) is 11.7. The molecule has 48 heavy (non-hydrogen) atoms. The highest BCUT2D eigenvalue weighted by atomic mass is 16.5. The summed E-state index contributed by atoms with van der Waals surface area (Å²) in [5, 5.41) is 1.82. The van der Waals surface area contributed by atoms with Crippen LogP contribution in [0, 0.1) is 11.8 Å². The summed E-state index contributed by atoms with van der Waals surface area (Å²) in [5.41, 5.74) is 3.12. The summed E-state index contributed by atoms with van der Waals surface area (Å²) >= 11 is 0. The number of piperidine rings is 8. The van der Waals surface area contributed by atoms with Crippen LogP contribution in [0.15, 0.2) is 60.9 Å². The molecule has 2 N–H and O–H groups in total. The van der Waals surface area contributed by atoms with Gasteiger partial charge in [0.25, 0.3) is 0 Å². The highest BCUT2D eigenvalue weighted by Gasteiger charge is 2.50. The number of carbonyl (C=O) groups is 4. The Morgan fingerprint density at radius 3 is 1.31 bits per heavy atom. The Morgan fingerprint density at radius 1 is 0.562 bits per heavy atom. The number of hydrogen-bond donors (Lipinski definition) is 2. The Morgan fingerprint density at radius 2 is 0.938 bits per heavy atom. The third kappa shape index (κ3) is 5.17. The molecule has 8 fully saturated rings. The number of Topliss-reactive ketones (excluding diaryl/α,β-unsaturated/α-hetero) is 2. The fourth-order valence-corrected chi connectivity index (χ4v) is 9.74. The molecule has 2 aromatic carbocycles. The number of rotatable bonds is 4. The van der Waals surface area contributed by atoms with Crippen LogP contribution in [-0.4, -0.2) is 92.7 Å². The van der Waals surface area contributed by atoms with Crippen LogP contribution in [-0.2, 0) is 19.1 Å². The van der Waals surface area contributed by atoms with Gasteiger partial charge in [0.05, 0.1) is 24.2 Å². The third-order valence-corrected chi connectivity index (χ3v) is 12.0. The Bertz CT molecular complexity index is 1760. The van der Waals surface area contributed by atoms with E-state index in [1.165, 1.54) is 0 Å². The smallest absolute Gasteiger partial charge is 0.340 e. The van der Waals surface area contributed by atoms with Crippen LogP contribution in [0.4, 0.5) is 0 Å². The minimum absolute atomic E-state index is 0.0356. The number of benzene rings is 2. The average molecular weight is 649 g/mol. The van der Waals surface area contributed by atoms with E-state index in [-0.39, 0.29) is 36.0 Å². The molecule has 8 saturated heterocycles. The van der Waals surface area contributed by atoms with E-state index >= 15 is 0 Å². The number of esters is 2. The second-order valence-electron chi connectivity index (χ2n) is 14.7. The Labute approximate surface area is 278 Å². The van der Waals surface area contributed by atoms with Crippen molar-refractivity contribution in [2.45, 2.75) is 87.7 Å². The van der Waals surface area contributed by atoms with Gasteiger partial charge in [-0.15, -0.1) is 0 Å². The first-order valence-corrected chi connectivity index (χ1v) is 17.5. The normalized spacial score (nSPS) is 34.5. The Hall–Kier alpha value is -4.28. The minimum Gasteiger partial charge on any atom is -0.459 e. The van der Waals surface area contributed by atoms with Gasteiger partial charge in [-0.2, -0.15) is 0 Å². The van der Waals surface area contributed by atoms with Crippen molar-refractivity contribution in [3.8, 4) is 0 Å². The number of ketones is 2. The van der Waals surface area contributed by atoms with Crippen LogP contribution in [0.3, 0.4) is 0 Å². The van der Waals surface area contributed by atoms with E-state index in [2.05, 4.69) is 19.8 Å². The maximum absolute atomic E-state index is 12.6. The molecular weight excluding hydrogens is 608 g/mol. The molecule has 0 amide bonds. The van der Waals surface area contributed by atoms with Crippen molar-refractivity contribution in [3.63, 3.8) is 0 Å². The fourth-order valence-electron chi connectivity index (χ4n) is 9.74. The van der Waals surface area contributed by atoms with Crippen molar-refractivity contribution >= 4 is 45.3 Å². The molecule has 248 valence electrons. The lowest BCUT2D eigenvalue weighted by atomic mass is 9.72. The highest BCUT2D eigenvalue weighted by molar-refractivity contribution is 6.04. The van der Waals surface area contributed by atoms with Crippen molar-refractivity contribution < 1.29 is 28.7 Å². The summed E-state index contributed by atoms with van der Waals surface area (Å²) in [6, 6.07) is 17.2. The molecule has 8 aliphatic rings. The molecule has 6 unspecified atom stereocenters. The monoisotopic (exact) mass is 648 g/mol. The van der Waals surface area contributed by atoms with E-state index in [1.54, 1.807) is 12.4 Å². The molecule has 10 heterocycles. The quantitative estimate of drug-likeness (QED) is 0.295. The summed E-state index contributed by atoms with van der Waals surface area (Å²) < 4.78 is 11.7. The summed E-state index contributed by atoms with van der Waals surface area (Å²) in [4.78, 5) is 60.0. The summed E-state index contributed by atoms with van der Waals surface area (Å²) in [6.45, 7) is 1.20. The number of aromatic amines is 2. The van der Waals surface area contributed by atoms with Gasteiger partial charge >= 0.3 is 11.9 Å². The number of nitrogens with zero attached hydrogens (tertiary/aromatic N) is 2. The number of fused-ring (bicyclic) bond motifs is 4. The van der Waals surface area contributed by atoms with Gasteiger partial charge in [-0.1, -0.05) is 36.4 Å². The van der Waals surface area contributed by atoms with E-state index in [0.717, 1.165) is 73.2 Å². The molecule has 12 rings (SSSR count).